The molecule has 140 valence electrons. The predicted molar refractivity (Wildman–Crippen MR) is 96.3 cm³/mol. The van der Waals surface area contributed by atoms with Crippen LogP contribution in [0, 0.1) is 10.1 Å². The Bertz CT molecular complexity index is 747. The van der Waals surface area contributed by atoms with Gasteiger partial charge < -0.3 is 9.84 Å². The zero-order chi connectivity index (χ0) is 19.5. The molecule has 2 N–H and O–H groups in total. The minimum absolute atomic E-state index is 0.0189. The Morgan fingerprint density at radius 2 is 2.04 bits per heavy atom. The summed E-state index contributed by atoms with van der Waals surface area (Å²) in [5.74, 6) is -2.11. The van der Waals surface area contributed by atoms with Crippen molar-refractivity contribution in [3.63, 3.8) is 0 Å². The van der Waals surface area contributed by atoms with E-state index < -0.39 is 34.2 Å². The Labute approximate surface area is 157 Å². The summed E-state index contributed by atoms with van der Waals surface area (Å²) >= 11 is 3.08. The number of rotatable bonds is 7. The fourth-order valence-electron chi connectivity index (χ4n) is 2.54. The number of hydrogen-bond donors (Lipinski definition) is 2. The van der Waals surface area contributed by atoms with Crippen LogP contribution in [0.2, 0.25) is 0 Å². The SMILES string of the molecule is CCOC(=O)[C@@H]1NN=C(C(=O)[C@@](C)(O)CBr)[C@H]1c1ccc([N+](=O)[O-])cc1. The number of carbonyl (C=O) groups is 2. The van der Waals surface area contributed by atoms with E-state index in [1.165, 1.54) is 31.2 Å². The summed E-state index contributed by atoms with van der Waals surface area (Å²) in [4.78, 5) is 35.2. The van der Waals surface area contributed by atoms with Gasteiger partial charge in [-0.1, -0.05) is 28.1 Å². The van der Waals surface area contributed by atoms with Crippen LogP contribution in [0.3, 0.4) is 0 Å². The number of hydrazone groups is 1. The number of nitrogens with one attached hydrogen (secondary N) is 1. The molecule has 1 aromatic carbocycles. The fraction of sp³-hybridized carbons (Fsp3) is 0.438. The molecule has 0 saturated heterocycles. The average molecular weight is 428 g/mol. The van der Waals surface area contributed by atoms with Crippen LogP contribution in [0.1, 0.15) is 25.3 Å². The smallest absolute Gasteiger partial charge is 0.331 e. The predicted octanol–water partition coefficient (Wildman–Crippen LogP) is 1.28. The molecule has 9 nitrogen and oxygen atoms in total. The molecule has 0 spiro atoms. The maximum absolute atomic E-state index is 12.7. The highest BCUT2D eigenvalue weighted by Gasteiger charge is 2.46. The molecule has 0 saturated carbocycles. The summed E-state index contributed by atoms with van der Waals surface area (Å²) in [7, 11) is 0. The first-order valence-corrected chi connectivity index (χ1v) is 8.92. The molecular formula is C16H18BrN3O6. The van der Waals surface area contributed by atoms with Gasteiger partial charge in [0.2, 0.25) is 5.78 Å². The van der Waals surface area contributed by atoms with E-state index in [4.69, 9.17) is 4.74 Å². The lowest BCUT2D eigenvalue weighted by Gasteiger charge is -2.23. The number of benzene rings is 1. The van der Waals surface area contributed by atoms with Gasteiger partial charge in [-0.05, 0) is 19.4 Å². The third-order valence-electron chi connectivity index (χ3n) is 3.94. The second-order valence-electron chi connectivity index (χ2n) is 5.92. The minimum Gasteiger partial charge on any atom is -0.464 e. The van der Waals surface area contributed by atoms with Gasteiger partial charge in [0, 0.05) is 17.5 Å². The number of aliphatic hydroxyl groups is 1. The van der Waals surface area contributed by atoms with Crippen LogP contribution in [0.5, 0.6) is 0 Å². The standard InChI is InChI=1S/C16H18BrN3O6/c1-3-26-15(22)13-11(9-4-6-10(7-5-9)20(24)25)12(18-19-13)14(21)16(2,23)8-17/h4-7,11,13,19,23H,3,8H2,1-2H3/t11-,13-,16+/m1/s1. The third kappa shape index (κ3) is 3.91. The van der Waals surface area contributed by atoms with Gasteiger partial charge in [0.1, 0.15) is 11.3 Å². The largest absolute Gasteiger partial charge is 0.464 e. The fourth-order valence-corrected chi connectivity index (χ4v) is 2.80. The number of ketones is 1. The number of ether oxygens (including phenoxy) is 1. The molecule has 0 aromatic heterocycles. The second kappa shape index (κ2) is 7.92. The highest BCUT2D eigenvalue weighted by atomic mass is 79.9. The normalized spacial score (nSPS) is 21.3. The molecule has 1 aliphatic rings. The van der Waals surface area contributed by atoms with E-state index in [-0.39, 0.29) is 23.3 Å². The Hall–Kier alpha value is -2.33. The van der Waals surface area contributed by atoms with Crippen molar-refractivity contribution in [3.05, 3.63) is 39.9 Å². The van der Waals surface area contributed by atoms with Crippen LogP contribution in [0.25, 0.3) is 0 Å². The summed E-state index contributed by atoms with van der Waals surface area (Å²) in [5, 5.41) is 25.0. The Kier molecular flexibility index (Phi) is 6.09. The van der Waals surface area contributed by atoms with Crippen molar-refractivity contribution in [1.29, 1.82) is 0 Å². The summed E-state index contributed by atoms with van der Waals surface area (Å²) in [5.41, 5.74) is 1.17. The summed E-state index contributed by atoms with van der Waals surface area (Å²) in [6.07, 6.45) is 0. The van der Waals surface area contributed by atoms with Gasteiger partial charge in [0.25, 0.3) is 5.69 Å². The molecule has 1 heterocycles. The van der Waals surface area contributed by atoms with E-state index >= 15 is 0 Å². The molecule has 10 heteroatoms. The van der Waals surface area contributed by atoms with Gasteiger partial charge >= 0.3 is 5.97 Å². The lowest BCUT2D eigenvalue weighted by atomic mass is 9.83. The second-order valence-corrected chi connectivity index (χ2v) is 6.48. The van der Waals surface area contributed by atoms with Crippen molar-refractivity contribution < 1.29 is 24.4 Å². The molecule has 1 aromatic rings. The van der Waals surface area contributed by atoms with Gasteiger partial charge in [0.05, 0.1) is 17.4 Å². The van der Waals surface area contributed by atoms with E-state index in [9.17, 15) is 24.8 Å². The van der Waals surface area contributed by atoms with Crippen molar-refractivity contribution in [2.24, 2.45) is 5.10 Å². The maximum Gasteiger partial charge on any atom is 0.331 e. The van der Waals surface area contributed by atoms with E-state index in [2.05, 4.69) is 26.5 Å². The zero-order valence-electron chi connectivity index (χ0n) is 14.1. The molecular weight excluding hydrogens is 410 g/mol. The number of nitro groups is 1. The minimum atomic E-state index is -1.72. The monoisotopic (exact) mass is 427 g/mol. The number of hydrogen-bond acceptors (Lipinski definition) is 8. The van der Waals surface area contributed by atoms with Crippen molar-refractivity contribution in [1.82, 2.24) is 5.43 Å². The number of alkyl halides is 1. The summed E-state index contributed by atoms with van der Waals surface area (Å²) < 4.78 is 5.01. The Morgan fingerprint density at radius 1 is 1.42 bits per heavy atom. The van der Waals surface area contributed by atoms with Gasteiger partial charge in [-0.25, -0.2) is 4.79 Å². The summed E-state index contributed by atoms with van der Waals surface area (Å²) in [6, 6.07) is 4.49. The van der Waals surface area contributed by atoms with Gasteiger partial charge in [0.15, 0.2) is 6.04 Å². The lowest BCUT2D eigenvalue weighted by Crippen LogP contribution is -2.45. The van der Waals surface area contributed by atoms with Gasteiger partial charge in [-0.15, -0.1) is 0 Å². The lowest BCUT2D eigenvalue weighted by molar-refractivity contribution is -0.384. The molecule has 1 aliphatic heterocycles. The van der Waals surface area contributed by atoms with E-state index in [1.807, 2.05) is 0 Å². The zero-order valence-corrected chi connectivity index (χ0v) is 15.7. The first-order valence-electron chi connectivity index (χ1n) is 7.80. The topological polar surface area (TPSA) is 131 Å². The number of Topliss-reactive ketones (excluding diaryl/α,β-unsaturated/α-hetero) is 1. The van der Waals surface area contributed by atoms with Crippen LogP contribution in [0.15, 0.2) is 29.4 Å². The van der Waals surface area contributed by atoms with E-state index in [0.29, 0.717) is 5.56 Å². The highest BCUT2D eigenvalue weighted by Crippen LogP contribution is 2.30. The number of halogens is 1. The highest BCUT2D eigenvalue weighted by molar-refractivity contribution is 9.09. The third-order valence-corrected chi connectivity index (χ3v) is 5.03. The molecule has 0 fully saturated rings. The molecule has 0 amide bonds. The molecule has 2 rings (SSSR count). The van der Waals surface area contributed by atoms with Gasteiger partial charge in [-0.3, -0.25) is 20.3 Å². The van der Waals surface area contributed by atoms with Gasteiger partial charge in [-0.2, -0.15) is 5.10 Å². The molecule has 0 radical (unpaired) electrons. The first-order chi connectivity index (χ1) is 12.2. The first kappa shape index (κ1) is 20.0. The number of carbonyl (C=O) groups excluding carboxylic acids is 2. The van der Waals surface area contributed by atoms with Crippen LogP contribution in [0.4, 0.5) is 5.69 Å². The quantitative estimate of drug-likeness (QED) is 0.290. The molecule has 3 atom stereocenters. The van der Waals surface area contributed by atoms with Crippen molar-refractivity contribution >= 4 is 39.1 Å². The van der Waals surface area contributed by atoms with Crippen molar-refractivity contribution in [2.75, 3.05) is 11.9 Å². The summed E-state index contributed by atoms with van der Waals surface area (Å²) in [6.45, 7) is 3.12. The van der Waals surface area contributed by atoms with Crippen LogP contribution < -0.4 is 5.43 Å². The van der Waals surface area contributed by atoms with E-state index in [0.717, 1.165) is 0 Å². The van der Waals surface area contributed by atoms with Crippen molar-refractivity contribution in [3.8, 4) is 0 Å². The van der Waals surface area contributed by atoms with Crippen LogP contribution >= 0.6 is 15.9 Å². The number of non-ortho nitro benzene ring substituents is 1. The molecule has 0 bridgehead atoms. The number of esters is 1. The Balaban J connectivity index is 2.43. The Morgan fingerprint density at radius 3 is 2.54 bits per heavy atom. The molecule has 26 heavy (non-hydrogen) atoms. The van der Waals surface area contributed by atoms with Crippen molar-refractivity contribution in [2.45, 2.75) is 31.4 Å². The molecule has 0 unspecified atom stereocenters. The number of nitro benzene ring substituents is 1. The number of nitrogens with zero attached hydrogens (tertiary/aromatic N) is 2. The van der Waals surface area contributed by atoms with E-state index in [1.54, 1.807) is 6.92 Å². The van der Waals surface area contributed by atoms with Crippen LogP contribution in [-0.4, -0.2) is 51.1 Å². The average Bonchev–Trinajstić information content (AvgIpc) is 3.06. The molecule has 0 aliphatic carbocycles. The van der Waals surface area contributed by atoms with Crippen LogP contribution in [-0.2, 0) is 14.3 Å². The maximum atomic E-state index is 12.7.